The molecular formula is C15H17ClN4O. The molecule has 1 aromatic heterocycles. The molecule has 3 rings (SSSR count). The van der Waals surface area contributed by atoms with Crippen molar-refractivity contribution in [1.29, 1.82) is 0 Å². The van der Waals surface area contributed by atoms with Gasteiger partial charge in [-0.25, -0.2) is 9.97 Å². The van der Waals surface area contributed by atoms with Gasteiger partial charge >= 0.3 is 0 Å². The standard InChI is InChI=1S/C15H16N4O.ClH/c16-15(7-4-8-15)14(20)19-12-9-17-13(18-10-12)11-5-2-1-3-6-11;/h1-3,5-6,9-10H,4,7-8,16H2,(H,19,20);1H. The van der Waals surface area contributed by atoms with E-state index in [2.05, 4.69) is 15.3 Å². The first kappa shape index (κ1) is 15.4. The zero-order valence-electron chi connectivity index (χ0n) is 11.5. The summed E-state index contributed by atoms with van der Waals surface area (Å²) >= 11 is 0. The molecule has 5 nitrogen and oxygen atoms in total. The second kappa shape index (κ2) is 6.20. The molecule has 6 heteroatoms. The number of carbonyl (C=O) groups is 1. The van der Waals surface area contributed by atoms with Gasteiger partial charge in [-0.2, -0.15) is 0 Å². The smallest absolute Gasteiger partial charge is 0.244 e. The van der Waals surface area contributed by atoms with Gasteiger partial charge in [0.15, 0.2) is 5.82 Å². The molecule has 110 valence electrons. The Morgan fingerprint density at radius 1 is 1.14 bits per heavy atom. The second-order valence-corrected chi connectivity index (χ2v) is 5.13. The van der Waals surface area contributed by atoms with Crippen LogP contribution in [0.4, 0.5) is 5.69 Å². The Bertz CT molecular complexity index is 611. The van der Waals surface area contributed by atoms with E-state index in [1.165, 1.54) is 0 Å². The summed E-state index contributed by atoms with van der Waals surface area (Å²) in [5.74, 6) is 0.481. The van der Waals surface area contributed by atoms with Crippen LogP contribution in [-0.2, 0) is 4.79 Å². The van der Waals surface area contributed by atoms with E-state index < -0.39 is 5.54 Å². The van der Waals surface area contributed by atoms with Crippen LogP contribution >= 0.6 is 12.4 Å². The van der Waals surface area contributed by atoms with Gasteiger partial charge in [0, 0.05) is 5.56 Å². The van der Waals surface area contributed by atoms with Gasteiger partial charge in [0.25, 0.3) is 0 Å². The highest BCUT2D eigenvalue weighted by molar-refractivity contribution is 5.98. The van der Waals surface area contributed by atoms with Crippen molar-refractivity contribution in [2.24, 2.45) is 5.73 Å². The minimum Gasteiger partial charge on any atom is -0.322 e. The predicted octanol–water partition coefficient (Wildman–Crippen LogP) is 2.39. The molecule has 1 aliphatic rings. The summed E-state index contributed by atoms with van der Waals surface area (Å²) in [5, 5.41) is 2.77. The molecule has 21 heavy (non-hydrogen) atoms. The normalized spacial score (nSPS) is 15.5. The summed E-state index contributed by atoms with van der Waals surface area (Å²) < 4.78 is 0. The third-order valence-electron chi connectivity index (χ3n) is 3.64. The van der Waals surface area contributed by atoms with Gasteiger partial charge < -0.3 is 11.1 Å². The molecule has 3 N–H and O–H groups in total. The minimum atomic E-state index is -0.710. The summed E-state index contributed by atoms with van der Waals surface area (Å²) in [4.78, 5) is 20.5. The molecule has 0 spiro atoms. The predicted molar refractivity (Wildman–Crippen MR) is 84.1 cm³/mol. The van der Waals surface area contributed by atoms with Gasteiger partial charge in [-0.3, -0.25) is 4.79 Å². The SMILES string of the molecule is Cl.NC1(C(=O)Nc2cnc(-c3ccccc3)nc2)CCC1. The first-order chi connectivity index (χ1) is 9.67. The topological polar surface area (TPSA) is 80.9 Å². The fourth-order valence-corrected chi connectivity index (χ4v) is 2.17. The molecule has 0 bridgehead atoms. The van der Waals surface area contributed by atoms with E-state index in [1.54, 1.807) is 12.4 Å². The van der Waals surface area contributed by atoms with Crippen molar-refractivity contribution in [3.63, 3.8) is 0 Å². The lowest BCUT2D eigenvalue weighted by Crippen LogP contribution is -2.56. The van der Waals surface area contributed by atoms with Crippen LogP contribution in [0, 0.1) is 0 Å². The van der Waals surface area contributed by atoms with E-state index in [4.69, 9.17) is 5.73 Å². The zero-order valence-corrected chi connectivity index (χ0v) is 12.3. The first-order valence-corrected chi connectivity index (χ1v) is 6.65. The number of halogens is 1. The average molecular weight is 305 g/mol. The average Bonchev–Trinajstić information content (AvgIpc) is 2.46. The van der Waals surface area contributed by atoms with Crippen molar-refractivity contribution in [2.75, 3.05) is 5.32 Å². The van der Waals surface area contributed by atoms with Crippen LogP contribution in [-0.4, -0.2) is 21.4 Å². The Morgan fingerprint density at radius 2 is 1.76 bits per heavy atom. The Kier molecular flexibility index (Phi) is 4.55. The van der Waals surface area contributed by atoms with Crippen LogP contribution in [0.1, 0.15) is 19.3 Å². The summed E-state index contributed by atoms with van der Waals surface area (Å²) in [5.41, 5.74) is 6.77. The van der Waals surface area contributed by atoms with Crippen LogP contribution in [0.15, 0.2) is 42.7 Å². The Balaban J connectivity index is 0.00000161. The number of aromatic nitrogens is 2. The number of rotatable bonds is 3. The third-order valence-corrected chi connectivity index (χ3v) is 3.64. The number of hydrogen-bond acceptors (Lipinski definition) is 4. The molecule has 0 unspecified atom stereocenters. The molecule has 2 aromatic rings. The summed E-state index contributed by atoms with van der Waals surface area (Å²) in [6.45, 7) is 0. The zero-order chi connectivity index (χ0) is 14.0. The number of nitrogens with two attached hydrogens (primary N) is 1. The number of benzene rings is 1. The molecule has 1 amide bonds. The maximum absolute atomic E-state index is 12.0. The van der Waals surface area contributed by atoms with Crippen molar-refractivity contribution < 1.29 is 4.79 Å². The van der Waals surface area contributed by atoms with Gasteiger partial charge in [0.2, 0.25) is 5.91 Å². The summed E-state index contributed by atoms with van der Waals surface area (Å²) in [6.07, 6.45) is 5.70. The van der Waals surface area contributed by atoms with Gasteiger partial charge in [-0.15, -0.1) is 12.4 Å². The van der Waals surface area contributed by atoms with Gasteiger partial charge in [0.1, 0.15) is 0 Å². The number of anilines is 1. The van der Waals surface area contributed by atoms with Crippen LogP contribution in [0.25, 0.3) is 11.4 Å². The molecule has 0 aliphatic heterocycles. The molecule has 0 atom stereocenters. The van der Waals surface area contributed by atoms with Crippen LogP contribution < -0.4 is 11.1 Å². The van der Waals surface area contributed by atoms with E-state index >= 15 is 0 Å². The highest BCUT2D eigenvalue weighted by atomic mass is 35.5. The van der Waals surface area contributed by atoms with E-state index in [-0.39, 0.29) is 18.3 Å². The Morgan fingerprint density at radius 3 is 2.29 bits per heavy atom. The lowest BCUT2D eigenvalue weighted by molar-refractivity contribution is -0.123. The highest BCUT2D eigenvalue weighted by Gasteiger charge is 2.40. The largest absolute Gasteiger partial charge is 0.322 e. The third kappa shape index (κ3) is 3.20. The molecule has 1 heterocycles. The summed E-state index contributed by atoms with van der Waals surface area (Å²) in [7, 11) is 0. The van der Waals surface area contributed by atoms with Gasteiger partial charge in [0.05, 0.1) is 23.6 Å². The minimum absolute atomic E-state index is 0. The van der Waals surface area contributed by atoms with Gasteiger partial charge in [-0.05, 0) is 19.3 Å². The number of amides is 1. The van der Waals surface area contributed by atoms with E-state index in [0.29, 0.717) is 11.5 Å². The second-order valence-electron chi connectivity index (χ2n) is 5.13. The van der Waals surface area contributed by atoms with Crippen LogP contribution in [0.5, 0.6) is 0 Å². The molecule has 0 radical (unpaired) electrons. The molecule has 1 aliphatic carbocycles. The molecule has 0 saturated heterocycles. The monoisotopic (exact) mass is 304 g/mol. The molecular weight excluding hydrogens is 288 g/mol. The van der Waals surface area contributed by atoms with Crippen molar-refractivity contribution in [3.05, 3.63) is 42.7 Å². The number of nitrogens with zero attached hydrogens (tertiary/aromatic N) is 2. The quantitative estimate of drug-likeness (QED) is 0.912. The van der Waals surface area contributed by atoms with E-state index in [9.17, 15) is 4.79 Å². The van der Waals surface area contributed by atoms with E-state index in [0.717, 1.165) is 24.8 Å². The Hall–Kier alpha value is -1.98. The molecule has 1 saturated carbocycles. The lowest BCUT2D eigenvalue weighted by atomic mass is 9.77. The number of carbonyl (C=O) groups excluding carboxylic acids is 1. The highest BCUT2D eigenvalue weighted by Crippen LogP contribution is 2.30. The fraction of sp³-hybridized carbons (Fsp3) is 0.267. The first-order valence-electron chi connectivity index (χ1n) is 6.65. The maximum atomic E-state index is 12.0. The van der Waals surface area contributed by atoms with Crippen LogP contribution in [0.3, 0.4) is 0 Å². The summed E-state index contributed by atoms with van der Waals surface area (Å²) in [6, 6.07) is 9.69. The van der Waals surface area contributed by atoms with E-state index in [1.807, 2.05) is 30.3 Å². The van der Waals surface area contributed by atoms with Crippen molar-refractivity contribution in [2.45, 2.75) is 24.8 Å². The number of hydrogen-bond donors (Lipinski definition) is 2. The van der Waals surface area contributed by atoms with Gasteiger partial charge in [-0.1, -0.05) is 30.3 Å². The molecule has 1 aromatic carbocycles. The fourth-order valence-electron chi connectivity index (χ4n) is 2.17. The van der Waals surface area contributed by atoms with Crippen molar-refractivity contribution in [1.82, 2.24) is 9.97 Å². The number of nitrogens with one attached hydrogen (secondary N) is 1. The van der Waals surface area contributed by atoms with Crippen molar-refractivity contribution in [3.8, 4) is 11.4 Å². The molecule has 1 fully saturated rings. The maximum Gasteiger partial charge on any atom is 0.244 e. The van der Waals surface area contributed by atoms with Crippen LogP contribution in [0.2, 0.25) is 0 Å². The van der Waals surface area contributed by atoms with Crippen molar-refractivity contribution >= 4 is 24.0 Å². The lowest BCUT2D eigenvalue weighted by Gasteiger charge is -2.36. The Labute approximate surface area is 129 Å².